The van der Waals surface area contributed by atoms with Gasteiger partial charge in [0, 0.05) is 0 Å². The van der Waals surface area contributed by atoms with Crippen LogP contribution in [0.25, 0.3) is 0 Å². The predicted octanol–water partition coefficient (Wildman–Crippen LogP) is -1.56. The summed E-state index contributed by atoms with van der Waals surface area (Å²) in [5.41, 5.74) is 4.70. The third-order valence-corrected chi connectivity index (χ3v) is 1.96. The largest absolute Gasteiger partial charge is 0.446 e. The zero-order chi connectivity index (χ0) is 12.1. The lowest BCUT2D eigenvalue weighted by molar-refractivity contribution is -0.116. The first-order valence-corrected chi connectivity index (χ1v) is 5.47. The molecule has 0 rings (SSSR count). The van der Waals surface area contributed by atoms with Gasteiger partial charge < -0.3 is 10.5 Å². The first-order valence-electron chi connectivity index (χ1n) is 3.99. The van der Waals surface area contributed by atoms with Crippen molar-refractivity contribution < 1.29 is 22.7 Å². The van der Waals surface area contributed by atoms with Crippen LogP contribution in [0.5, 0.6) is 0 Å². The van der Waals surface area contributed by atoms with E-state index in [1.165, 1.54) is 4.72 Å². The first kappa shape index (κ1) is 13.7. The Hall–Kier alpha value is -1.35. The van der Waals surface area contributed by atoms with E-state index in [1.807, 2.05) is 0 Å². The van der Waals surface area contributed by atoms with Crippen LogP contribution in [0, 0.1) is 0 Å². The van der Waals surface area contributed by atoms with Crippen molar-refractivity contribution in [1.29, 1.82) is 0 Å². The second kappa shape index (κ2) is 5.51. The van der Waals surface area contributed by atoms with E-state index < -0.39 is 34.9 Å². The lowest BCUT2D eigenvalue weighted by Crippen LogP contribution is -2.44. The van der Waals surface area contributed by atoms with Crippen molar-refractivity contribution in [3.63, 3.8) is 0 Å². The number of carbonyl (C=O) groups excluding carboxylic acids is 2. The van der Waals surface area contributed by atoms with Gasteiger partial charge in [-0.15, -0.1) is 0 Å². The monoisotopic (exact) mass is 239 g/mol. The topological polar surface area (TPSA) is 128 Å². The average molecular weight is 239 g/mol. The highest BCUT2D eigenvalue weighted by Gasteiger charge is 2.16. The Balaban J connectivity index is 4.14. The number of nitrogens with two attached hydrogens (primary N) is 1. The molecule has 0 bridgehead atoms. The molecule has 0 aromatic heterocycles. The SMILES string of the molecule is CC(C)OC(=O)NS(=O)(=O)NCC(N)=O. The summed E-state index contributed by atoms with van der Waals surface area (Å²) in [6.07, 6.45) is -1.57. The zero-order valence-electron chi connectivity index (χ0n) is 8.31. The Bertz CT molecular complexity index is 337. The minimum Gasteiger partial charge on any atom is -0.446 e. The number of rotatable bonds is 5. The molecule has 0 aliphatic carbocycles. The number of ether oxygens (including phenoxy) is 1. The van der Waals surface area contributed by atoms with Gasteiger partial charge in [0.05, 0.1) is 12.6 Å². The first-order chi connectivity index (χ1) is 6.73. The lowest BCUT2D eigenvalue weighted by atomic mass is 10.5. The number of hydrogen-bond acceptors (Lipinski definition) is 5. The summed E-state index contributed by atoms with van der Waals surface area (Å²) < 4.78 is 29.8. The van der Waals surface area contributed by atoms with Crippen LogP contribution in [0.1, 0.15) is 13.8 Å². The Morgan fingerprint density at radius 3 is 2.33 bits per heavy atom. The van der Waals surface area contributed by atoms with Crippen LogP contribution in [-0.4, -0.2) is 33.1 Å². The molecule has 8 nitrogen and oxygen atoms in total. The Morgan fingerprint density at radius 1 is 1.40 bits per heavy atom. The summed E-state index contributed by atoms with van der Waals surface area (Å²) in [5.74, 6) is -0.863. The summed E-state index contributed by atoms with van der Waals surface area (Å²) in [5, 5.41) is 0. The van der Waals surface area contributed by atoms with Crippen LogP contribution in [0.2, 0.25) is 0 Å². The summed E-state index contributed by atoms with van der Waals surface area (Å²) in [7, 11) is -4.10. The van der Waals surface area contributed by atoms with Crippen LogP contribution in [0.4, 0.5) is 4.79 Å². The average Bonchev–Trinajstić information content (AvgIpc) is 1.98. The number of hydrogen-bond donors (Lipinski definition) is 3. The Kier molecular flexibility index (Phi) is 5.02. The minimum atomic E-state index is -4.10. The van der Waals surface area contributed by atoms with Crippen molar-refractivity contribution in [3.05, 3.63) is 0 Å². The molecule has 0 aromatic carbocycles. The highest BCUT2D eigenvalue weighted by Crippen LogP contribution is 1.89. The molecule has 0 aromatic rings. The van der Waals surface area contributed by atoms with Crippen molar-refractivity contribution in [2.45, 2.75) is 20.0 Å². The van der Waals surface area contributed by atoms with Crippen LogP contribution in [0.15, 0.2) is 0 Å². The summed E-state index contributed by atoms with van der Waals surface area (Å²) in [6, 6.07) is 0. The Labute approximate surface area is 87.3 Å². The summed E-state index contributed by atoms with van der Waals surface area (Å²) >= 11 is 0. The fourth-order valence-corrected chi connectivity index (χ4v) is 1.22. The van der Waals surface area contributed by atoms with Crippen LogP contribution in [0.3, 0.4) is 0 Å². The van der Waals surface area contributed by atoms with Crippen molar-refractivity contribution >= 4 is 22.2 Å². The predicted molar refractivity (Wildman–Crippen MR) is 50.9 cm³/mol. The van der Waals surface area contributed by atoms with Crippen molar-refractivity contribution in [1.82, 2.24) is 9.44 Å². The number of primary amides is 1. The maximum absolute atomic E-state index is 11.0. The van der Waals surface area contributed by atoms with E-state index in [4.69, 9.17) is 5.73 Å². The summed E-state index contributed by atoms with van der Waals surface area (Å²) in [4.78, 5) is 21.1. The molecule has 15 heavy (non-hydrogen) atoms. The van der Waals surface area contributed by atoms with Gasteiger partial charge in [0.2, 0.25) is 5.91 Å². The molecule has 0 heterocycles. The van der Waals surface area contributed by atoms with Gasteiger partial charge in [0.25, 0.3) is 0 Å². The van der Waals surface area contributed by atoms with Gasteiger partial charge in [-0.1, -0.05) is 0 Å². The molecule has 0 spiro atoms. The highest BCUT2D eigenvalue weighted by atomic mass is 32.2. The molecule has 88 valence electrons. The van der Waals surface area contributed by atoms with Gasteiger partial charge in [0.1, 0.15) is 0 Å². The fraction of sp³-hybridized carbons (Fsp3) is 0.667. The molecular weight excluding hydrogens is 226 g/mol. The molecule has 0 fully saturated rings. The van der Waals surface area contributed by atoms with Gasteiger partial charge in [-0.05, 0) is 13.8 Å². The quantitative estimate of drug-likeness (QED) is 0.534. The number of nitrogens with one attached hydrogen (secondary N) is 2. The lowest BCUT2D eigenvalue weighted by Gasteiger charge is -2.09. The van der Waals surface area contributed by atoms with Crippen molar-refractivity contribution in [2.24, 2.45) is 5.73 Å². The van der Waals surface area contributed by atoms with E-state index >= 15 is 0 Å². The molecule has 0 aliphatic rings. The number of carbonyl (C=O) groups is 2. The van der Waals surface area contributed by atoms with Crippen molar-refractivity contribution in [3.8, 4) is 0 Å². The maximum atomic E-state index is 11.0. The molecule has 0 saturated carbocycles. The van der Waals surface area contributed by atoms with Crippen molar-refractivity contribution in [2.75, 3.05) is 6.54 Å². The molecule has 9 heteroatoms. The van der Waals surface area contributed by atoms with Gasteiger partial charge >= 0.3 is 16.3 Å². The van der Waals surface area contributed by atoms with E-state index in [0.29, 0.717) is 0 Å². The third kappa shape index (κ3) is 7.70. The van der Waals surface area contributed by atoms with Gasteiger partial charge in [-0.3, -0.25) is 4.79 Å². The molecule has 0 saturated heterocycles. The molecule has 0 unspecified atom stereocenters. The number of amides is 2. The van der Waals surface area contributed by atoms with E-state index in [-0.39, 0.29) is 0 Å². The molecule has 4 N–H and O–H groups in total. The highest BCUT2D eigenvalue weighted by molar-refractivity contribution is 7.88. The maximum Gasteiger partial charge on any atom is 0.422 e. The standard InChI is InChI=1S/C6H13N3O5S/c1-4(2)14-6(11)9-15(12,13)8-3-5(7)10/h4,8H,3H2,1-2H3,(H2,7,10)(H,9,11). The molecule has 0 radical (unpaired) electrons. The van der Waals surface area contributed by atoms with Crippen LogP contribution in [-0.2, 0) is 19.7 Å². The third-order valence-electron chi connectivity index (χ3n) is 0.997. The van der Waals surface area contributed by atoms with E-state index in [1.54, 1.807) is 18.6 Å². The zero-order valence-corrected chi connectivity index (χ0v) is 9.13. The second-order valence-electron chi connectivity index (χ2n) is 2.85. The van der Waals surface area contributed by atoms with Gasteiger partial charge in [-0.25, -0.2) is 9.52 Å². The fourth-order valence-electron chi connectivity index (χ4n) is 0.550. The summed E-state index contributed by atoms with van der Waals surface area (Å²) in [6.45, 7) is 2.52. The normalized spacial score (nSPS) is 11.1. The van der Waals surface area contributed by atoms with Gasteiger partial charge in [0.15, 0.2) is 0 Å². The molecule has 2 amide bonds. The van der Waals surface area contributed by atoms with Crippen LogP contribution < -0.4 is 15.2 Å². The molecule has 0 atom stereocenters. The molecule has 0 aliphatic heterocycles. The smallest absolute Gasteiger partial charge is 0.422 e. The van der Waals surface area contributed by atoms with Gasteiger partial charge in [-0.2, -0.15) is 13.1 Å². The van der Waals surface area contributed by atoms with E-state index in [0.717, 1.165) is 0 Å². The van der Waals surface area contributed by atoms with E-state index in [2.05, 4.69) is 4.74 Å². The Morgan fingerprint density at radius 2 is 1.93 bits per heavy atom. The molecular formula is C6H13N3O5S. The van der Waals surface area contributed by atoms with E-state index in [9.17, 15) is 18.0 Å². The minimum absolute atomic E-state index is 0.448. The van der Waals surface area contributed by atoms with Crippen LogP contribution >= 0.6 is 0 Å². The second-order valence-corrected chi connectivity index (χ2v) is 4.35.